The number of hydrogen-bond donors (Lipinski definition) is 1. The van der Waals surface area contributed by atoms with E-state index in [0.29, 0.717) is 11.3 Å². The van der Waals surface area contributed by atoms with E-state index in [1.807, 2.05) is 30.5 Å². The molecule has 1 N–H and O–H groups in total. The van der Waals surface area contributed by atoms with Crippen LogP contribution in [0.3, 0.4) is 0 Å². The molecule has 19 heavy (non-hydrogen) atoms. The van der Waals surface area contributed by atoms with Gasteiger partial charge in [-0.2, -0.15) is 0 Å². The van der Waals surface area contributed by atoms with Gasteiger partial charge < -0.3 is 5.32 Å². The van der Waals surface area contributed by atoms with Crippen molar-refractivity contribution < 1.29 is 8.42 Å². The molecule has 1 heterocycles. The molecule has 0 radical (unpaired) electrons. The molecule has 1 aromatic carbocycles. The predicted molar refractivity (Wildman–Crippen MR) is 80.4 cm³/mol. The fraction of sp³-hybridized carbons (Fsp3) is 0.286. The SMILES string of the molecule is CCCS(=O)(=O)c1ccc(NCc2cccs2)cc1. The first-order valence-electron chi connectivity index (χ1n) is 6.21. The van der Waals surface area contributed by atoms with Crippen LogP contribution in [0.4, 0.5) is 5.69 Å². The smallest absolute Gasteiger partial charge is 0.178 e. The predicted octanol–water partition coefficient (Wildman–Crippen LogP) is 3.54. The van der Waals surface area contributed by atoms with Crippen molar-refractivity contribution in [3.8, 4) is 0 Å². The Hall–Kier alpha value is -1.33. The lowest BCUT2D eigenvalue weighted by molar-refractivity contribution is 0.595. The highest BCUT2D eigenvalue weighted by Crippen LogP contribution is 2.17. The molecule has 0 fully saturated rings. The summed E-state index contributed by atoms with van der Waals surface area (Å²) in [4.78, 5) is 1.65. The minimum absolute atomic E-state index is 0.203. The second kappa shape index (κ2) is 6.21. The van der Waals surface area contributed by atoms with Crippen molar-refractivity contribution in [2.75, 3.05) is 11.1 Å². The van der Waals surface area contributed by atoms with Gasteiger partial charge in [-0.3, -0.25) is 0 Å². The van der Waals surface area contributed by atoms with Crippen LogP contribution in [0.5, 0.6) is 0 Å². The van der Waals surface area contributed by atoms with Gasteiger partial charge in [-0.15, -0.1) is 11.3 Å². The highest BCUT2D eigenvalue weighted by molar-refractivity contribution is 7.91. The molecule has 2 rings (SSSR count). The van der Waals surface area contributed by atoms with Crippen molar-refractivity contribution >= 4 is 26.9 Å². The Balaban J connectivity index is 2.02. The molecule has 0 saturated heterocycles. The Labute approximate surface area is 118 Å². The van der Waals surface area contributed by atoms with Gasteiger partial charge in [0.05, 0.1) is 10.6 Å². The molecular weight excluding hydrogens is 278 g/mol. The van der Waals surface area contributed by atoms with Gasteiger partial charge in [0.2, 0.25) is 0 Å². The molecule has 0 amide bonds. The highest BCUT2D eigenvalue weighted by Gasteiger charge is 2.12. The molecule has 0 atom stereocenters. The first-order valence-corrected chi connectivity index (χ1v) is 8.74. The standard InChI is InChI=1S/C14H17NO2S2/c1-2-10-19(16,17)14-7-5-12(6-8-14)15-11-13-4-3-9-18-13/h3-9,15H,2,10-11H2,1H3. The van der Waals surface area contributed by atoms with Crippen LogP contribution < -0.4 is 5.32 Å². The maximum absolute atomic E-state index is 11.9. The molecule has 5 heteroatoms. The molecule has 0 aliphatic heterocycles. The van der Waals surface area contributed by atoms with Crippen molar-refractivity contribution in [1.29, 1.82) is 0 Å². The zero-order valence-corrected chi connectivity index (χ0v) is 12.4. The summed E-state index contributed by atoms with van der Waals surface area (Å²) in [5, 5.41) is 5.31. The van der Waals surface area contributed by atoms with Gasteiger partial charge in [0, 0.05) is 17.1 Å². The third-order valence-electron chi connectivity index (χ3n) is 2.73. The van der Waals surface area contributed by atoms with Gasteiger partial charge >= 0.3 is 0 Å². The largest absolute Gasteiger partial charge is 0.380 e. The van der Waals surface area contributed by atoms with Crippen LogP contribution in [0, 0.1) is 0 Å². The highest BCUT2D eigenvalue weighted by atomic mass is 32.2. The molecular formula is C14H17NO2S2. The summed E-state index contributed by atoms with van der Waals surface area (Å²) in [6.07, 6.45) is 0.640. The van der Waals surface area contributed by atoms with Crippen molar-refractivity contribution in [3.05, 3.63) is 46.7 Å². The second-order valence-electron chi connectivity index (χ2n) is 4.28. The van der Waals surface area contributed by atoms with Crippen molar-refractivity contribution in [2.45, 2.75) is 24.8 Å². The third kappa shape index (κ3) is 3.81. The lowest BCUT2D eigenvalue weighted by Crippen LogP contribution is -2.06. The number of sulfone groups is 1. The normalized spacial score (nSPS) is 11.4. The van der Waals surface area contributed by atoms with Gasteiger partial charge in [0.15, 0.2) is 9.84 Å². The average molecular weight is 295 g/mol. The molecule has 0 bridgehead atoms. The van der Waals surface area contributed by atoms with Crippen LogP contribution in [0.15, 0.2) is 46.7 Å². The molecule has 0 aliphatic carbocycles. The summed E-state index contributed by atoms with van der Waals surface area (Å²) >= 11 is 1.70. The fourth-order valence-electron chi connectivity index (χ4n) is 1.77. The van der Waals surface area contributed by atoms with E-state index >= 15 is 0 Å². The molecule has 2 aromatic rings. The number of hydrogen-bond acceptors (Lipinski definition) is 4. The molecule has 0 aliphatic rings. The quantitative estimate of drug-likeness (QED) is 0.886. The number of anilines is 1. The maximum atomic E-state index is 11.9. The number of rotatable bonds is 6. The third-order valence-corrected chi connectivity index (χ3v) is 5.55. The first-order chi connectivity index (χ1) is 9.12. The van der Waals surface area contributed by atoms with E-state index in [1.54, 1.807) is 23.5 Å². The Morgan fingerprint density at radius 3 is 2.47 bits per heavy atom. The number of benzene rings is 1. The Morgan fingerprint density at radius 1 is 1.16 bits per heavy atom. The minimum atomic E-state index is -3.11. The lowest BCUT2D eigenvalue weighted by atomic mass is 10.3. The molecule has 0 unspecified atom stereocenters. The van der Waals surface area contributed by atoms with E-state index < -0.39 is 9.84 Å². The number of nitrogens with one attached hydrogen (secondary N) is 1. The minimum Gasteiger partial charge on any atom is -0.380 e. The van der Waals surface area contributed by atoms with Crippen molar-refractivity contribution in [1.82, 2.24) is 0 Å². The summed E-state index contributed by atoms with van der Waals surface area (Å²) in [5.41, 5.74) is 0.934. The van der Waals surface area contributed by atoms with Crippen LogP contribution >= 0.6 is 11.3 Å². The molecule has 0 saturated carbocycles. The van der Waals surface area contributed by atoms with Gasteiger partial charge in [-0.05, 0) is 42.1 Å². The van der Waals surface area contributed by atoms with E-state index in [4.69, 9.17) is 0 Å². The van der Waals surface area contributed by atoms with Crippen molar-refractivity contribution in [3.63, 3.8) is 0 Å². The average Bonchev–Trinajstić information content (AvgIpc) is 2.90. The van der Waals surface area contributed by atoms with E-state index in [-0.39, 0.29) is 5.75 Å². The molecule has 0 spiro atoms. The van der Waals surface area contributed by atoms with Crippen molar-refractivity contribution in [2.24, 2.45) is 0 Å². The topological polar surface area (TPSA) is 46.2 Å². The Bertz CT molecular complexity index is 601. The van der Waals surface area contributed by atoms with Crippen LogP contribution in [0.25, 0.3) is 0 Å². The van der Waals surface area contributed by atoms with E-state index in [1.165, 1.54) is 4.88 Å². The zero-order chi connectivity index (χ0) is 13.7. The Kier molecular flexibility index (Phi) is 4.61. The zero-order valence-electron chi connectivity index (χ0n) is 10.8. The lowest BCUT2D eigenvalue weighted by Gasteiger charge is -2.07. The summed E-state index contributed by atoms with van der Waals surface area (Å²) < 4.78 is 23.7. The van der Waals surface area contributed by atoms with E-state index in [2.05, 4.69) is 11.4 Å². The van der Waals surface area contributed by atoms with Gasteiger partial charge in [-0.25, -0.2) is 8.42 Å². The molecule has 102 valence electrons. The summed E-state index contributed by atoms with van der Waals surface area (Å²) in [6.45, 7) is 2.63. The van der Waals surface area contributed by atoms with Crippen LogP contribution in [-0.4, -0.2) is 14.2 Å². The van der Waals surface area contributed by atoms with Gasteiger partial charge in [0.25, 0.3) is 0 Å². The number of thiophene rings is 1. The second-order valence-corrected chi connectivity index (χ2v) is 7.42. The first kappa shape index (κ1) is 14.1. The summed E-state index contributed by atoms with van der Waals surface area (Å²) in [7, 11) is -3.11. The van der Waals surface area contributed by atoms with Gasteiger partial charge in [-0.1, -0.05) is 13.0 Å². The fourth-order valence-corrected chi connectivity index (χ4v) is 3.74. The van der Waals surface area contributed by atoms with Crippen LogP contribution in [0.1, 0.15) is 18.2 Å². The molecule has 3 nitrogen and oxygen atoms in total. The monoisotopic (exact) mass is 295 g/mol. The van der Waals surface area contributed by atoms with Crippen LogP contribution in [0.2, 0.25) is 0 Å². The van der Waals surface area contributed by atoms with E-state index in [0.717, 1.165) is 12.2 Å². The Morgan fingerprint density at radius 2 is 1.89 bits per heavy atom. The maximum Gasteiger partial charge on any atom is 0.178 e. The summed E-state index contributed by atoms with van der Waals surface area (Å²) in [6, 6.07) is 11.1. The van der Waals surface area contributed by atoms with Crippen LogP contribution in [-0.2, 0) is 16.4 Å². The van der Waals surface area contributed by atoms with Gasteiger partial charge in [0.1, 0.15) is 0 Å². The van der Waals surface area contributed by atoms with E-state index in [9.17, 15) is 8.42 Å². The molecule has 1 aromatic heterocycles. The summed E-state index contributed by atoms with van der Waals surface area (Å²) in [5.74, 6) is 0.203.